The summed E-state index contributed by atoms with van der Waals surface area (Å²) in [5.74, 6) is 0. The zero-order chi connectivity index (χ0) is 14.7. The molecule has 0 aromatic heterocycles. The van der Waals surface area contributed by atoms with Gasteiger partial charge in [-0.15, -0.1) is 0 Å². The van der Waals surface area contributed by atoms with E-state index in [1.807, 2.05) is 0 Å². The van der Waals surface area contributed by atoms with Crippen LogP contribution >= 0.6 is 0 Å². The van der Waals surface area contributed by atoms with Crippen LogP contribution in [0, 0.1) is 0 Å². The topological polar surface area (TPSA) is 27.3 Å². The number of hydrogen-bond donors (Lipinski definition) is 2. The molecule has 2 atom stereocenters. The van der Waals surface area contributed by atoms with Gasteiger partial charge in [0.05, 0.1) is 0 Å². The number of nitrogens with zero attached hydrogens (tertiary/aromatic N) is 1. The van der Waals surface area contributed by atoms with E-state index in [9.17, 15) is 0 Å². The molecule has 3 nitrogen and oxygen atoms in total. The van der Waals surface area contributed by atoms with Gasteiger partial charge < -0.3 is 10.6 Å². The lowest BCUT2D eigenvalue weighted by Gasteiger charge is -2.40. The minimum atomic E-state index is 0.601. The van der Waals surface area contributed by atoms with Gasteiger partial charge in [0, 0.05) is 38.3 Å². The van der Waals surface area contributed by atoms with Crippen molar-refractivity contribution < 1.29 is 0 Å². The molecule has 114 valence electrons. The van der Waals surface area contributed by atoms with Crippen molar-refractivity contribution in [3.05, 3.63) is 41.5 Å². The normalized spacial score (nSPS) is 27.4. The van der Waals surface area contributed by atoms with Gasteiger partial charge in [-0.25, -0.2) is 0 Å². The summed E-state index contributed by atoms with van der Waals surface area (Å²) in [6.45, 7) is 10.0. The lowest BCUT2D eigenvalue weighted by atomic mass is 9.94. The highest BCUT2D eigenvalue weighted by Crippen LogP contribution is 2.26. The van der Waals surface area contributed by atoms with E-state index in [0.717, 1.165) is 39.1 Å². The van der Waals surface area contributed by atoms with Gasteiger partial charge in [0.2, 0.25) is 0 Å². The summed E-state index contributed by atoms with van der Waals surface area (Å²) in [5, 5.41) is 6.92. The van der Waals surface area contributed by atoms with Gasteiger partial charge in [-0.3, -0.25) is 4.90 Å². The quantitative estimate of drug-likeness (QED) is 0.892. The third kappa shape index (κ3) is 3.37. The fraction of sp³-hybridized carbons (Fsp3) is 0.556. The predicted molar refractivity (Wildman–Crippen MR) is 89.2 cm³/mol. The van der Waals surface area contributed by atoms with Crippen molar-refractivity contribution in [2.75, 3.05) is 26.2 Å². The summed E-state index contributed by atoms with van der Waals surface area (Å²) in [6, 6.07) is 10.2. The van der Waals surface area contributed by atoms with Crippen LogP contribution in [0.1, 0.15) is 31.4 Å². The molecule has 1 fully saturated rings. The van der Waals surface area contributed by atoms with Crippen LogP contribution in [0.4, 0.5) is 0 Å². The molecule has 2 N–H and O–H groups in total. The van der Waals surface area contributed by atoms with Gasteiger partial charge in [-0.1, -0.05) is 30.3 Å². The smallest absolute Gasteiger partial charge is 0.0246 e. The first kappa shape index (κ1) is 14.8. The number of nitrogens with one attached hydrogen (secondary N) is 2. The third-order valence-electron chi connectivity index (χ3n) is 4.79. The monoisotopic (exact) mass is 285 g/mol. The molecule has 3 heteroatoms. The van der Waals surface area contributed by atoms with Crippen LogP contribution < -0.4 is 10.6 Å². The molecular formula is C18H27N3. The molecule has 3 rings (SSSR count). The van der Waals surface area contributed by atoms with Crippen LogP contribution in [0.2, 0.25) is 0 Å². The minimum Gasteiger partial charge on any atom is -0.314 e. The van der Waals surface area contributed by atoms with E-state index in [4.69, 9.17) is 0 Å². The second-order valence-corrected chi connectivity index (χ2v) is 6.37. The van der Waals surface area contributed by atoms with Crippen molar-refractivity contribution in [2.24, 2.45) is 0 Å². The van der Waals surface area contributed by atoms with E-state index in [2.05, 4.69) is 59.7 Å². The molecule has 21 heavy (non-hydrogen) atoms. The number of hydrogen-bond acceptors (Lipinski definition) is 3. The molecule has 0 radical (unpaired) electrons. The molecule has 0 saturated carbocycles. The maximum Gasteiger partial charge on any atom is 0.0246 e. The van der Waals surface area contributed by atoms with Crippen LogP contribution in [-0.4, -0.2) is 43.2 Å². The fourth-order valence-electron chi connectivity index (χ4n) is 3.52. The first-order valence-corrected chi connectivity index (χ1v) is 8.20. The van der Waals surface area contributed by atoms with E-state index in [1.165, 1.54) is 16.7 Å². The third-order valence-corrected chi connectivity index (χ3v) is 4.79. The van der Waals surface area contributed by atoms with Gasteiger partial charge in [0.25, 0.3) is 0 Å². The Bertz CT molecular complexity index is 499. The molecule has 0 unspecified atom stereocenters. The maximum absolute atomic E-state index is 3.52. The van der Waals surface area contributed by atoms with E-state index in [-0.39, 0.29) is 0 Å². The average molecular weight is 285 g/mol. The Morgan fingerprint density at radius 3 is 2.57 bits per heavy atom. The van der Waals surface area contributed by atoms with Crippen molar-refractivity contribution >= 4 is 5.57 Å². The zero-order valence-electron chi connectivity index (χ0n) is 13.2. The van der Waals surface area contributed by atoms with Crippen molar-refractivity contribution in [3.63, 3.8) is 0 Å². The standard InChI is InChI=1S/C18H27N3/c1-14-11-20-12-15(2)21(14)13-17-5-3-4-6-18(17)16-7-9-19-10-8-16/h3-7,14-15,19-20H,8-13H2,1-2H3/t14-,15+. The van der Waals surface area contributed by atoms with E-state index in [1.54, 1.807) is 0 Å². The Morgan fingerprint density at radius 2 is 1.86 bits per heavy atom. The molecule has 0 amide bonds. The Balaban J connectivity index is 1.83. The van der Waals surface area contributed by atoms with Crippen molar-refractivity contribution in [1.82, 2.24) is 15.5 Å². The molecule has 1 saturated heterocycles. The molecule has 0 aliphatic carbocycles. The molecule has 1 aromatic carbocycles. The molecule has 2 aliphatic rings. The predicted octanol–water partition coefficient (Wildman–Crippen LogP) is 2.25. The van der Waals surface area contributed by atoms with Crippen molar-refractivity contribution in [1.29, 1.82) is 0 Å². The van der Waals surface area contributed by atoms with Gasteiger partial charge in [0.1, 0.15) is 0 Å². The SMILES string of the molecule is C[C@@H]1CNC[C@H](C)N1Cc1ccccc1C1=CCNCC1. The highest BCUT2D eigenvalue weighted by Gasteiger charge is 2.25. The lowest BCUT2D eigenvalue weighted by molar-refractivity contribution is 0.108. The summed E-state index contributed by atoms with van der Waals surface area (Å²) in [6.07, 6.45) is 3.50. The van der Waals surface area contributed by atoms with Crippen LogP contribution in [0.25, 0.3) is 5.57 Å². The number of piperazine rings is 1. The average Bonchev–Trinajstić information content (AvgIpc) is 2.52. The Morgan fingerprint density at radius 1 is 1.10 bits per heavy atom. The Hall–Kier alpha value is -1.16. The van der Waals surface area contributed by atoms with Gasteiger partial charge in [0.15, 0.2) is 0 Å². The van der Waals surface area contributed by atoms with E-state index >= 15 is 0 Å². The summed E-state index contributed by atoms with van der Waals surface area (Å²) in [7, 11) is 0. The Kier molecular flexibility index (Phi) is 4.73. The lowest BCUT2D eigenvalue weighted by Crippen LogP contribution is -2.54. The second-order valence-electron chi connectivity index (χ2n) is 6.37. The van der Waals surface area contributed by atoms with Crippen LogP contribution in [0.5, 0.6) is 0 Å². The summed E-state index contributed by atoms with van der Waals surface area (Å²) in [4.78, 5) is 2.64. The number of rotatable bonds is 3. The Labute approximate surface area is 128 Å². The molecule has 0 spiro atoms. The largest absolute Gasteiger partial charge is 0.314 e. The highest BCUT2D eigenvalue weighted by atomic mass is 15.2. The first-order valence-electron chi connectivity index (χ1n) is 8.20. The number of benzene rings is 1. The summed E-state index contributed by atoms with van der Waals surface area (Å²) < 4.78 is 0. The van der Waals surface area contributed by atoms with Gasteiger partial charge >= 0.3 is 0 Å². The van der Waals surface area contributed by atoms with E-state index in [0.29, 0.717) is 12.1 Å². The molecule has 0 bridgehead atoms. The minimum absolute atomic E-state index is 0.601. The van der Waals surface area contributed by atoms with Crippen LogP contribution in [0.3, 0.4) is 0 Å². The fourth-order valence-corrected chi connectivity index (χ4v) is 3.52. The first-order chi connectivity index (χ1) is 10.3. The molecule has 2 heterocycles. The second kappa shape index (κ2) is 6.73. The van der Waals surface area contributed by atoms with Crippen molar-refractivity contribution in [2.45, 2.75) is 38.9 Å². The maximum atomic E-state index is 3.52. The van der Waals surface area contributed by atoms with Gasteiger partial charge in [-0.05, 0) is 43.5 Å². The van der Waals surface area contributed by atoms with Gasteiger partial charge in [-0.2, -0.15) is 0 Å². The summed E-state index contributed by atoms with van der Waals surface area (Å²) in [5.41, 5.74) is 4.45. The molecule has 2 aliphatic heterocycles. The van der Waals surface area contributed by atoms with Crippen molar-refractivity contribution in [3.8, 4) is 0 Å². The zero-order valence-corrected chi connectivity index (χ0v) is 13.2. The highest BCUT2D eigenvalue weighted by molar-refractivity contribution is 5.69. The van der Waals surface area contributed by atoms with E-state index < -0.39 is 0 Å². The molecular weight excluding hydrogens is 258 g/mol. The summed E-state index contributed by atoms with van der Waals surface area (Å²) >= 11 is 0. The molecule has 1 aromatic rings. The van der Waals surface area contributed by atoms with Crippen LogP contribution in [-0.2, 0) is 6.54 Å². The van der Waals surface area contributed by atoms with Crippen LogP contribution in [0.15, 0.2) is 30.3 Å².